The van der Waals surface area contributed by atoms with Gasteiger partial charge in [-0.3, -0.25) is 13.8 Å². The lowest BCUT2D eigenvalue weighted by atomic mass is 10.0. The number of hydrogen-bond acceptors (Lipinski definition) is 7. The van der Waals surface area contributed by atoms with E-state index in [2.05, 4.69) is 13.8 Å². The van der Waals surface area contributed by atoms with Crippen LogP contribution in [-0.4, -0.2) is 43.3 Å². The highest BCUT2D eigenvalue weighted by Crippen LogP contribution is 2.43. The molecule has 292 valence electrons. The average Bonchev–Trinajstić information content (AvgIpc) is 3.09. The fourth-order valence-electron chi connectivity index (χ4n) is 5.96. The molecule has 9 heteroatoms. The SMILES string of the molecule is CCCCCCCCCCCCCCCC/C=C/OC[C@H](COP(=O)(O)OCCN)OC(=O)CCCCCCCCCCCCCCCC. The van der Waals surface area contributed by atoms with E-state index in [9.17, 15) is 14.3 Å². The number of unbranched alkanes of at least 4 members (excludes halogenated alkanes) is 27. The monoisotopic (exact) mass is 718 g/mol. The molecule has 0 fully saturated rings. The Morgan fingerprint density at radius 2 is 1.02 bits per heavy atom. The Morgan fingerprint density at radius 1 is 0.612 bits per heavy atom. The third-order valence-corrected chi connectivity index (χ3v) is 10.0. The van der Waals surface area contributed by atoms with E-state index in [1.165, 1.54) is 154 Å². The smallest absolute Gasteiger partial charge is 0.472 e. The molecular weight excluding hydrogens is 637 g/mol. The van der Waals surface area contributed by atoms with Gasteiger partial charge in [-0.15, -0.1) is 0 Å². The van der Waals surface area contributed by atoms with Crippen LogP contribution in [-0.2, 0) is 27.9 Å². The van der Waals surface area contributed by atoms with E-state index in [1.54, 1.807) is 6.26 Å². The molecule has 0 saturated carbocycles. The van der Waals surface area contributed by atoms with E-state index in [0.717, 1.165) is 32.1 Å². The molecule has 3 N–H and O–H groups in total. The maximum Gasteiger partial charge on any atom is 0.472 e. The zero-order valence-electron chi connectivity index (χ0n) is 32.2. The van der Waals surface area contributed by atoms with E-state index >= 15 is 0 Å². The minimum Gasteiger partial charge on any atom is -0.498 e. The Balaban J connectivity index is 4.07. The van der Waals surface area contributed by atoms with Crippen LogP contribution in [0.25, 0.3) is 0 Å². The lowest BCUT2D eigenvalue weighted by Gasteiger charge is -2.19. The van der Waals surface area contributed by atoms with Crippen LogP contribution in [0.3, 0.4) is 0 Å². The first-order valence-corrected chi connectivity index (χ1v) is 22.2. The molecule has 2 atom stereocenters. The zero-order chi connectivity index (χ0) is 35.9. The predicted molar refractivity (Wildman–Crippen MR) is 206 cm³/mol. The molecule has 0 aliphatic rings. The van der Waals surface area contributed by atoms with E-state index < -0.39 is 13.9 Å². The normalized spacial score (nSPS) is 13.6. The van der Waals surface area contributed by atoms with Crippen molar-refractivity contribution in [1.29, 1.82) is 0 Å². The summed E-state index contributed by atoms with van der Waals surface area (Å²) >= 11 is 0. The maximum absolute atomic E-state index is 12.5. The van der Waals surface area contributed by atoms with Gasteiger partial charge in [-0.25, -0.2) is 4.57 Å². The fourth-order valence-corrected chi connectivity index (χ4v) is 6.73. The van der Waals surface area contributed by atoms with Crippen molar-refractivity contribution in [2.24, 2.45) is 5.73 Å². The van der Waals surface area contributed by atoms with Crippen LogP contribution in [0, 0.1) is 0 Å². The van der Waals surface area contributed by atoms with Gasteiger partial charge in [-0.2, -0.15) is 0 Å². The maximum atomic E-state index is 12.5. The Morgan fingerprint density at radius 3 is 1.45 bits per heavy atom. The summed E-state index contributed by atoms with van der Waals surface area (Å²) in [6.07, 6.45) is 40.3. The zero-order valence-corrected chi connectivity index (χ0v) is 33.1. The summed E-state index contributed by atoms with van der Waals surface area (Å²) in [4.78, 5) is 22.4. The van der Waals surface area contributed by atoms with Gasteiger partial charge in [0, 0.05) is 13.0 Å². The van der Waals surface area contributed by atoms with Crippen molar-refractivity contribution in [3.63, 3.8) is 0 Å². The van der Waals surface area contributed by atoms with Crippen molar-refractivity contribution < 1.29 is 32.8 Å². The molecule has 49 heavy (non-hydrogen) atoms. The fraction of sp³-hybridized carbons (Fsp3) is 0.925. The van der Waals surface area contributed by atoms with Crippen molar-refractivity contribution in [3.8, 4) is 0 Å². The van der Waals surface area contributed by atoms with Crippen LogP contribution >= 0.6 is 7.82 Å². The summed E-state index contributed by atoms with van der Waals surface area (Å²) in [6.45, 7) is 4.27. The first-order chi connectivity index (χ1) is 23.9. The van der Waals surface area contributed by atoms with Gasteiger partial charge in [0.2, 0.25) is 0 Å². The largest absolute Gasteiger partial charge is 0.498 e. The number of carbonyl (C=O) groups excluding carboxylic acids is 1. The van der Waals surface area contributed by atoms with Crippen LogP contribution in [0.5, 0.6) is 0 Å². The van der Waals surface area contributed by atoms with Crippen LogP contribution in [0.4, 0.5) is 0 Å². The number of ether oxygens (including phenoxy) is 2. The lowest BCUT2D eigenvalue weighted by Crippen LogP contribution is -2.27. The van der Waals surface area contributed by atoms with Gasteiger partial charge in [-0.1, -0.05) is 181 Å². The minimum absolute atomic E-state index is 0.0383. The number of carbonyl (C=O) groups is 1. The highest BCUT2D eigenvalue weighted by molar-refractivity contribution is 7.47. The molecule has 8 nitrogen and oxygen atoms in total. The highest BCUT2D eigenvalue weighted by atomic mass is 31.2. The van der Waals surface area contributed by atoms with Gasteiger partial charge in [-0.05, 0) is 25.3 Å². The summed E-state index contributed by atoms with van der Waals surface area (Å²) in [7, 11) is -4.28. The average molecular weight is 718 g/mol. The third-order valence-electron chi connectivity index (χ3n) is 9.03. The third kappa shape index (κ3) is 38.1. The topological polar surface area (TPSA) is 117 Å². The lowest BCUT2D eigenvalue weighted by molar-refractivity contribution is -0.153. The summed E-state index contributed by atoms with van der Waals surface area (Å²) in [5, 5.41) is 0. The molecule has 0 rings (SSSR count). The number of rotatable bonds is 40. The number of esters is 1. The molecule has 0 spiro atoms. The van der Waals surface area contributed by atoms with E-state index in [4.69, 9.17) is 24.3 Å². The van der Waals surface area contributed by atoms with Gasteiger partial charge in [0.05, 0.1) is 19.5 Å². The van der Waals surface area contributed by atoms with Gasteiger partial charge in [0.25, 0.3) is 0 Å². The molecule has 0 bridgehead atoms. The first-order valence-electron chi connectivity index (χ1n) is 20.7. The molecular formula is C40H80NO7P. The van der Waals surface area contributed by atoms with Gasteiger partial charge in [0.1, 0.15) is 6.61 Å². The summed E-state index contributed by atoms with van der Waals surface area (Å²) in [6, 6.07) is 0. The number of phosphoric acid groups is 1. The molecule has 0 amide bonds. The van der Waals surface area contributed by atoms with Crippen LogP contribution < -0.4 is 5.73 Å². The van der Waals surface area contributed by atoms with Gasteiger partial charge < -0.3 is 20.1 Å². The van der Waals surface area contributed by atoms with Crippen LogP contribution in [0.1, 0.15) is 206 Å². The van der Waals surface area contributed by atoms with E-state index in [-0.39, 0.29) is 32.3 Å². The Kier molecular flexibility index (Phi) is 37.6. The van der Waals surface area contributed by atoms with Gasteiger partial charge >= 0.3 is 13.8 Å². The molecule has 0 aromatic rings. The van der Waals surface area contributed by atoms with E-state index in [1.807, 2.05) is 6.08 Å². The second-order valence-corrected chi connectivity index (χ2v) is 15.4. The number of phosphoric ester groups is 1. The molecule has 0 aromatic heterocycles. The van der Waals surface area contributed by atoms with Crippen molar-refractivity contribution in [2.45, 2.75) is 213 Å². The second kappa shape index (κ2) is 38.3. The van der Waals surface area contributed by atoms with Crippen LogP contribution in [0.15, 0.2) is 12.3 Å². The number of nitrogens with two attached hydrogens (primary N) is 1. The van der Waals surface area contributed by atoms with Crippen LogP contribution in [0.2, 0.25) is 0 Å². The van der Waals surface area contributed by atoms with Crippen molar-refractivity contribution in [1.82, 2.24) is 0 Å². The van der Waals surface area contributed by atoms with Gasteiger partial charge in [0.15, 0.2) is 6.10 Å². The Bertz CT molecular complexity index is 767. The molecule has 0 aliphatic heterocycles. The summed E-state index contributed by atoms with van der Waals surface area (Å²) < 4.78 is 33.1. The molecule has 1 unspecified atom stereocenters. The first kappa shape index (κ1) is 48.1. The van der Waals surface area contributed by atoms with Crippen molar-refractivity contribution in [3.05, 3.63) is 12.3 Å². The summed E-state index contributed by atoms with van der Waals surface area (Å²) in [5.74, 6) is -0.349. The highest BCUT2D eigenvalue weighted by Gasteiger charge is 2.25. The molecule has 0 saturated heterocycles. The predicted octanol–water partition coefficient (Wildman–Crippen LogP) is 12.3. The quantitative estimate of drug-likeness (QED) is 0.0278. The number of hydrogen-bond donors (Lipinski definition) is 2. The second-order valence-electron chi connectivity index (χ2n) is 13.9. The van der Waals surface area contributed by atoms with Crippen molar-refractivity contribution >= 4 is 13.8 Å². The Labute approximate surface area is 303 Å². The minimum atomic E-state index is -4.28. The van der Waals surface area contributed by atoms with E-state index in [0.29, 0.717) is 6.42 Å². The summed E-state index contributed by atoms with van der Waals surface area (Å²) in [5.41, 5.74) is 5.35. The molecule has 0 aliphatic carbocycles. The molecule has 0 heterocycles. The molecule has 0 radical (unpaired) electrons. The standard InChI is InChI=1S/C40H80NO7P/c1-3-5-7-9-11-13-15-17-19-20-22-24-26-28-30-32-35-45-37-39(38-47-49(43,44)46-36-34-41)48-40(42)33-31-29-27-25-23-21-18-16-14-12-10-8-6-4-2/h32,35,39H,3-31,33-34,36-38,41H2,1-2H3,(H,43,44)/b35-32+/t39-/m1/s1. The number of allylic oxidation sites excluding steroid dienone is 1. The Hall–Kier alpha value is -0.920. The van der Waals surface area contributed by atoms with Crippen molar-refractivity contribution in [2.75, 3.05) is 26.4 Å². The molecule has 0 aromatic carbocycles.